The van der Waals surface area contributed by atoms with Crippen LogP contribution in [0, 0.1) is 0 Å². The lowest BCUT2D eigenvalue weighted by atomic mass is 10.7. The highest BCUT2D eigenvalue weighted by molar-refractivity contribution is 7.30. The molecule has 0 aromatic heterocycles. The van der Waals surface area contributed by atoms with E-state index in [4.69, 9.17) is 25.8 Å². The Kier molecular flexibility index (Phi) is 28.0. The van der Waals surface area contributed by atoms with Gasteiger partial charge in [0.05, 0.1) is 0 Å². The quantitative estimate of drug-likeness (QED) is 0.362. The number of hydrogen-bond donors (Lipinski definition) is 4. The van der Waals surface area contributed by atoms with Crippen molar-refractivity contribution in [2.75, 3.05) is 13.1 Å². The summed E-state index contributed by atoms with van der Waals surface area (Å²) in [5.41, 5.74) is 9.81. The van der Waals surface area contributed by atoms with Gasteiger partial charge >= 0.3 is 8.25 Å². The van der Waals surface area contributed by atoms with Crippen molar-refractivity contribution < 1.29 is 14.4 Å². The number of hydrogen-bond acceptors (Lipinski definition) is 3. The van der Waals surface area contributed by atoms with Gasteiger partial charge in [-0.2, -0.15) is 0 Å². The maximum Gasteiger partial charge on any atom is 0.314 e. The first-order valence-electron chi connectivity index (χ1n) is 1.97. The summed E-state index contributed by atoms with van der Waals surface area (Å²) in [7, 11) is -3.13. The summed E-state index contributed by atoms with van der Waals surface area (Å²) in [6, 6.07) is 0. The smallest absolute Gasteiger partial charge is 0.314 e. The first-order valence-corrected chi connectivity index (χ1v) is 3.27. The average molecular weight is 158 g/mol. The van der Waals surface area contributed by atoms with Crippen molar-refractivity contribution in [3.05, 3.63) is 0 Å². The minimum Gasteiger partial charge on any atom is -0.329 e. The molecule has 0 aliphatic heterocycles. The van der Waals surface area contributed by atoms with Crippen LogP contribution in [0.4, 0.5) is 0 Å². The van der Waals surface area contributed by atoms with Gasteiger partial charge in [-0.1, -0.05) is 7.43 Å². The van der Waals surface area contributed by atoms with Crippen LogP contribution in [0.15, 0.2) is 0 Å². The second kappa shape index (κ2) is 15.7. The molecule has 0 atom stereocenters. The van der Waals surface area contributed by atoms with Gasteiger partial charge in [0.2, 0.25) is 0 Å². The van der Waals surface area contributed by atoms with Crippen LogP contribution >= 0.6 is 8.25 Å². The van der Waals surface area contributed by atoms with Crippen LogP contribution in [-0.4, -0.2) is 22.9 Å². The van der Waals surface area contributed by atoms with Crippen molar-refractivity contribution in [2.24, 2.45) is 11.5 Å². The highest BCUT2D eigenvalue weighted by atomic mass is 31.1. The Labute approximate surface area is 55.6 Å². The van der Waals surface area contributed by atoms with E-state index in [1.807, 2.05) is 0 Å². The maximum atomic E-state index is 8.74. The van der Waals surface area contributed by atoms with Gasteiger partial charge in [-0.05, 0) is 0 Å². The molecule has 0 spiro atoms. The molecule has 0 radical (unpaired) electrons. The van der Waals surface area contributed by atoms with E-state index in [2.05, 4.69) is 0 Å². The largest absolute Gasteiger partial charge is 0.329 e. The van der Waals surface area contributed by atoms with Gasteiger partial charge in [-0.15, -0.1) is 0 Å². The fourth-order valence-corrected chi connectivity index (χ4v) is 0. The van der Waals surface area contributed by atoms with E-state index in [-0.39, 0.29) is 7.43 Å². The summed E-state index contributed by atoms with van der Waals surface area (Å²) < 4.78 is 8.74. The molecule has 6 heteroatoms. The van der Waals surface area contributed by atoms with Crippen molar-refractivity contribution >= 4 is 8.25 Å². The van der Waals surface area contributed by atoms with E-state index >= 15 is 0 Å². The van der Waals surface area contributed by atoms with Crippen molar-refractivity contribution in [2.45, 2.75) is 7.43 Å². The SMILES string of the molecule is C.NCCN.O=[PH](O)O. The Balaban J connectivity index is -0.0000000720. The summed E-state index contributed by atoms with van der Waals surface area (Å²) in [6.07, 6.45) is 0. The van der Waals surface area contributed by atoms with Crippen LogP contribution < -0.4 is 11.5 Å². The Morgan fingerprint density at radius 2 is 1.33 bits per heavy atom. The molecule has 60 valence electrons. The monoisotopic (exact) mass is 158 g/mol. The van der Waals surface area contributed by atoms with Gasteiger partial charge < -0.3 is 21.3 Å². The highest BCUT2D eigenvalue weighted by Crippen LogP contribution is 1.98. The van der Waals surface area contributed by atoms with Crippen molar-refractivity contribution in [3.63, 3.8) is 0 Å². The molecule has 0 rings (SSSR count). The molecule has 0 aromatic rings. The molecule has 0 aliphatic carbocycles. The summed E-state index contributed by atoms with van der Waals surface area (Å²) in [6.45, 7) is 1.19. The standard InChI is InChI=1S/C2H8N2.CH4.H3O3P/c3-1-2-4;;1-4(2)3/h1-4H2;1H4;4H,(H2,1,2,3). The van der Waals surface area contributed by atoms with Crippen molar-refractivity contribution in [1.82, 2.24) is 0 Å². The van der Waals surface area contributed by atoms with Crippen LogP contribution in [-0.2, 0) is 4.57 Å². The van der Waals surface area contributed by atoms with Crippen LogP contribution in [0.1, 0.15) is 7.43 Å². The fraction of sp³-hybridized carbons (Fsp3) is 1.00. The zero-order valence-electron chi connectivity index (χ0n) is 4.37. The van der Waals surface area contributed by atoms with Gasteiger partial charge in [0, 0.05) is 13.1 Å². The van der Waals surface area contributed by atoms with E-state index in [0.717, 1.165) is 0 Å². The molecule has 9 heavy (non-hydrogen) atoms. The lowest BCUT2D eigenvalue weighted by Gasteiger charge is -1.72. The van der Waals surface area contributed by atoms with Gasteiger partial charge in [-0.3, -0.25) is 4.57 Å². The minimum atomic E-state index is -3.13. The van der Waals surface area contributed by atoms with Crippen molar-refractivity contribution in [3.8, 4) is 0 Å². The van der Waals surface area contributed by atoms with Gasteiger partial charge in [0.15, 0.2) is 0 Å². The Bertz CT molecular complexity index is 55.0. The molecular formula is C3H15N2O3P. The minimum absolute atomic E-state index is 0. The predicted molar refractivity (Wildman–Crippen MR) is 38.3 cm³/mol. The number of nitrogens with two attached hydrogens (primary N) is 2. The molecule has 0 heterocycles. The summed E-state index contributed by atoms with van der Waals surface area (Å²) in [5, 5.41) is 0. The van der Waals surface area contributed by atoms with E-state index < -0.39 is 8.25 Å². The zero-order chi connectivity index (χ0) is 6.99. The van der Waals surface area contributed by atoms with Gasteiger partial charge in [0.1, 0.15) is 0 Å². The summed E-state index contributed by atoms with van der Waals surface area (Å²) in [4.78, 5) is 14.3. The third-order valence-corrected chi connectivity index (χ3v) is 0.167. The van der Waals surface area contributed by atoms with E-state index in [0.29, 0.717) is 13.1 Å². The molecular weight excluding hydrogens is 143 g/mol. The van der Waals surface area contributed by atoms with Crippen LogP contribution in [0.3, 0.4) is 0 Å². The normalized spacial score (nSPS) is 7.22. The van der Waals surface area contributed by atoms with Gasteiger partial charge in [0.25, 0.3) is 0 Å². The molecule has 0 bridgehead atoms. The molecule has 5 nitrogen and oxygen atoms in total. The predicted octanol–water partition coefficient (Wildman–Crippen LogP) is -1.10. The molecule has 0 saturated heterocycles. The molecule has 0 aromatic carbocycles. The highest BCUT2D eigenvalue weighted by Gasteiger charge is 1.61. The fourth-order valence-electron chi connectivity index (χ4n) is 0. The van der Waals surface area contributed by atoms with Crippen molar-refractivity contribution in [1.29, 1.82) is 0 Å². The molecule has 0 amide bonds. The lowest BCUT2D eigenvalue weighted by molar-refractivity contribution is 0.405. The van der Waals surface area contributed by atoms with Crippen LogP contribution in [0.2, 0.25) is 0 Å². The lowest BCUT2D eigenvalue weighted by Crippen LogP contribution is -2.11. The molecule has 0 aliphatic rings. The topological polar surface area (TPSA) is 110 Å². The Hall–Kier alpha value is 0.0700. The zero-order valence-corrected chi connectivity index (χ0v) is 5.37. The summed E-state index contributed by atoms with van der Waals surface area (Å²) >= 11 is 0. The molecule has 0 saturated carbocycles. The molecule has 6 N–H and O–H groups in total. The molecule has 0 fully saturated rings. The number of rotatable bonds is 1. The third-order valence-electron chi connectivity index (χ3n) is 0.167. The van der Waals surface area contributed by atoms with Gasteiger partial charge in [-0.25, -0.2) is 0 Å². The Morgan fingerprint density at radius 3 is 1.33 bits per heavy atom. The molecule has 0 unspecified atom stereocenters. The third kappa shape index (κ3) is 260. The summed E-state index contributed by atoms with van der Waals surface area (Å²) in [5.74, 6) is 0. The van der Waals surface area contributed by atoms with Crippen LogP contribution in [0.5, 0.6) is 0 Å². The first kappa shape index (κ1) is 16.0. The van der Waals surface area contributed by atoms with E-state index in [9.17, 15) is 0 Å². The Morgan fingerprint density at radius 1 is 1.22 bits per heavy atom. The van der Waals surface area contributed by atoms with E-state index in [1.165, 1.54) is 0 Å². The second-order valence-corrected chi connectivity index (χ2v) is 1.43. The average Bonchev–Trinajstić information content (AvgIpc) is 1.65. The van der Waals surface area contributed by atoms with E-state index in [1.54, 1.807) is 0 Å². The van der Waals surface area contributed by atoms with Crippen LogP contribution in [0.25, 0.3) is 0 Å². The first-order chi connectivity index (χ1) is 3.65. The second-order valence-electron chi connectivity index (χ2n) is 0.860. The maximum absolute atomic E-state index is 8.74.